The molecule has 0 spiro atoms. The molecule has 4 heteroatoms. The summed E-state index contributed by atoms with van der Waals surface area (Å²) in [7, 11) is 0. The molecule has 1 heterocycles. The quantitative estimate of drug-likeness (QED) is 0.867. The van der Waals surface area contributed by atoms with Gasteiger partial charge in [0.05, 0.1) is 6.61 Å². The molecule has 0 aromatic heterocycles. The van der Waals surface area contributed by atoms with Gasteiger partial charge in [-0.05, 0) is 48.4 Å². The number of fused-ring (bicyclic) bond motifs is 1. The number of hydrogen-bond donors (Lipinski definition) is 1. The number of benzene rings is 2. The van der Waals surface area contributed by atoms with Gasteiger partial charge in [0.1, 0.15) is 18.1 Å². The van der Waals surface area contributed by atoms with E-state index in [1.807, 2.05) is 25.1 Å². The Morgan fingerprint density at radius 1 is 1.30 bits per heavy atom. The largest absolute Gasteiger partial charge is 0.493 e. The van der Waals surface area contributed by atoms with Gasteiger partial charge in [0.2, 0.25) is 0 Å². The Balaban J connectivity index is 1.82. The summed E-state index contributed by atoms with van der Waals surface area (Å²) in [5.41, 5.74) is 9.85. The Labute approximate surface area is 126 Å². The van der Waals surface area contributed by atoms with Crippen LogP contribution in [0.3, 0.4) is 0 Å². The van der Waals surface area contributed by atoms with E-state index in [2.05, 4.69) is 28.1 Å². The van der Waals surface area contributed by atoms with Crippen LogP contribution >= 0.6 is 15.9 Å². The van der Waals surface area contributed by atoms with Crippen LogP contribution in [0.4, 0.5) is 5.69 Å². The van der Waals surface area contributed by atoms with Crippen molar-refractivity contribution < 1.29 is 9.47 Å². The van der Waals surface area contributed by atoms with Crippen LogP contribution in [0.25, 0.3) is 0 Å². The van der Waals surface area contributed by atoms with Gasteiger partial charge >= 0.3 is 0 Å². The van der Waals surface area contributed by atoms with E-state index in [0.717, 1.165) is 45.8 Å². The van der Waals surface area contributed by atoms with E-state index < -0.39 is 0 Å². The van der Waals surface area contributed by atoms with Crippen molar-refractivity contribution in [3.05, 3.63) is 51.5 Å². The topological polar surface area (TPSA) is 44.5 Å². The zero-order chi connectivity index (χ0) is 14.1. The lowest BCUT2D eigenvalue weighted by molar-refractivity contribution is 0.290. The van der Waals surface area contributed by atoms with Gasteiger partial charge in [-0.25, -0.2) is 0 Å². The molecule has 1 aliphatic rings. The molecule has 0 unspecified atom stereocenters. The third-order valence-corrected chi connectivity index (χ3v) is 3.87. The number of anilines is 1. The highest BCUT2D eigenvalue weighted by molar-refractivity contribution is 9.10. The Kier molecular flexibility index (Phi) is 3.57. The summed E-state index contributed by atoms with van der Waals surface area (Å²) in [6.07, 6.45) is 0.961. The maximum atomic E-state index is 5.90. The summed E-state index contributed by atoms with van der Waals surface area (Å²) < 4.78 is 12.7. The fourth-order valence-electron chi connectivity index (χ4n) is 2.44. The highest BCUT2D eigenvalue weighted by Gasteiger charge is 2.17. The third-order valence-electron chi connectivity index (χ3n) is 3.41. The number of aryl methyl sites for hydroxylation is 1. The molecular weight excluding hydrogens is 318 g/mol. The fraction of sp³-hybridized carbons (Fsp3) is 0.250. The predicted molar refractivity (Wildman–Crippen MR) is 83.3 cm³/mol. The summed E-state index contributed by atoms with van der Waals surface area (Å²) in [5.74, 6) is 1.83. The summed E-state index contributed by atoms with van der Waals surface area (Å²) in [4.78, 5) is 0. The minimum Gasteiger partial charge on any atom is -0.493 e. The van der Waals surface area contributed by atoms with Crippen molar-refractivity contribution in [1.29, 1.82) is 0 Å². The zero-order valence-corrected chi connectivity index (χ0v) is 12.9. The van der Waals surface area contributed by atoms with Crippen LogP contribution < -0.4 is 15.2 Å². The minimum atomic E-state index is 0.493. The first-order chi connectivity index (χ1) is 9.63. The Hall–Kier alpha value is -1.68. The molecule has 2 N–H and O–H groups in total. The minimum absolute atomic E-state index is 0.493. The molecule has 0 bridgehead atoms. The van der Waals surface area contributed by atoms with E-state index in [4.69, 9.17) is 15.2 Å². The molecule has 0 amide bonds. The molecule has 2 aromatic carbocycles. The summed E-state index contributed by atoms with van der Waals surface area (Å²) >= 11 is 3.54. The summed E-state index contributed by atoms with van der Waals surface area (Å²) in [5, 5.41) is 0. The van der Waals surface area contributed by atoms with Gasteiger partial charge in [-0.2, -0.15) is 0 Å². The van der Waals surface area contributed by atoms with Gasteiger partial charge in [0, 0.05) is 22.1 Å². The van der Waals surface area contributed by atoms with Gasteiger partial charge in [0.15, 0.2) is 0 Å². The van der Waals surface area contributed by atoms with Crippen molar-refractivity contribution in [3.63, 3.8) is 0 Å². The number of hydrogen-bond acceptors (Lipinski definition) is 3. The Morgan fingerprint density at radius 3 is 2.95 bits per heavy atom. The second kappa shape index (κ2) is 5.37. The molecule has 0 atom stereocenters. The first kappa shape index (κ1) is 13.3. The van der Waals surface area contributed by atoms with E-state index in [1.165, 1.54) is 5.56 Å². The van der Waals surface area contributed by atoms with Crippen molar-refractivity contribution in [2.24, 2.45) is 0 Å². The third kappa shape index (κ3) is 2.61. The van der Waals surface area contributed by atoms with Crippen molar-refractivity contribution in [2.75, 3.05) is 12.3 Å². The van der Waals surface area contributed by atoms with Crippen LogP contribution in [0.5, 0.6) is 11.5 Å². The lowest BCUT2D eigenvalue weighted by Gasteiger charge is -2.12. The second-order valence-corrected chi connectivity index (χ2v) is 5.88. The molecule has 0 radical (unpaired) electrons. The van der Waals surface area contributed by atoms with Crippen molar-refractivity contribution in [2.45, 2.75) is 20.0 Å². The number of halogens is 1. The van der Waals surface area contributed by atoms with E-state index in [-0.39, 0.29) is 0 Å². The fourth-order valence-corrected chi connectivity index (χ4v) is 3.00. The average Bonchev–Trinajstić information content (AvgIpc) is 2.85. The van der Waals surface area contributed by atoms with Crippen LogP contribution in [-0.2, 0) is 13.0 Å². The van der Waals surface area contributed by atoms with Crippen LogP contribution in [0.1, 0.15) is 16.7 Å². The molecule has 0 saturated heterocycles. The molecule has 2 aromatic rings. The molecule has 104 valence electrons. The first-order valence-corrected chi connectivity index (χ1v) is 7.36. The lowest BCUT2D eigenvalue weighted by Crippen LogP contribution is -2.00. The summed E-state index contributed by atoms with van der Waals surface area (Å²) in [6.45, 7) is 3.24. The first-order valence-electron chi connectivity index (χ1n) is 6.56. The molecule has 20 heavy (non-hydrogen) atoms. The molecule has 1 aliphatic heterocycles. The van der Waals surface area contributed by atoms with Gasteiger partial charge in [-0.1, -0.05) is 15.9 Å². The monoisotopic (exact) mass is 333 g/mol. The number of rotatable bonds is 3. The SMILES string of the molecule is Cc1cc(N)ccc1OCc1cc(Br)cc2c1OCC2. The van der Waals surface area contributed by atoms with E-state index >= 15 is 0 Å². The maximum Gasteiger partial charge on any atom is 0.129 e. The van der Waals surface area contributed by atoms with Gasteiger partial charge in [0.25, 0.3) is 0 Å². The number of nitrogen functional groups attached to an aromatic ring is 1. The van der Waals surface area contributed by atoms with Crippen LogP contribution in [0, 0.1) is 6.92 Å². The molecular formula is C16H16BrNO2. The molecule has 0 saturated carbocycles. The molecule has 0 fully saturated rings. The van der Waals surface area contributed by atoms with Crippen LogP contribution in [0.2, 0.25) is 0 Å². The zero-order valence-electron chi connectivity index (χ0n) is 11.3. The second-order valence-electron chi connectivity index (χ2n) is 4.97. The smallest absolute Gasteiger partial charge is 0.129 e. The molecule has 3 rings (SSSR count). The number of nitrogens with two attached hydrogens (primary N) is 1. The summed E-state index contributed by atoms with van der Waals surface area (Å²) in [6, 6.07) is 9.84. The Morgan fingerprint density at radius 2 is 2.15 bits per heavy atom. The highest BCUT2D eigenvalue weighted by atomic mass is 79.9. The van der Waals surface area contributed by atoms with Gasteiger partial charge in [-0.15, -0.1) is 0 Å². The van der Waals surface area contributed by atoms with Crippen molar-refractivity contribution >= 4 is 21.6 Å². The van der Waals surface area contributed by atoms with E-state index in [0.29, 0.717) is 6.61 Å². The van der Waals surface area contributed by atoms with Gasteiger partial charge < -0.3 is 15.2 Å². The maximum absolute atomic E-state index is 5.90. The number of ether oxygens (including phenoxy) is 2. The lowest BCUT2D eigenvalue weighted by atomic mass is 10.1. The standard InChI is InChI=1S/C16H16BrNO2/c1-10-6-14(18)2-3-15(10)20-9-12-8-13(17)7-11-4-5-19-16(11)12/h2-3,6-8H,4-5,9,18H2,1H3. The Bertz CT molecular complexity index is 655. The average molecular weight is 334 g/mol. The molecule has 0 aliphatic carbocycles. The van der Waals surface area contributed by atoms with Crippen LogP contribution in [-0.4, -0.2) is 6.61 Å². The van der Waals surface area contributed by atoms with E-state index in [9.17, 15) is 0 Å². The normalized spacial score (nSPS) is 12.9. The van der Waals surface area contributed by atoms with Crippen molar-refractivity contribution in [3.8, 4) is 11.5 Å². The van der Waals surface area contributed by atoms with Gasteiger partial charge in [-0.3, -0.25) is 0 Å². The molecule has 3 nitrogen and oxygen atoms in total. The van der Waals surface area contributed by atoms with Crippen molar-refractivity contribution in [1.82, 2.24) is 0 Å². The van der Waals surface area contributed by atoms with Crippen LogP contribution in [0.15, 0.2) is 34.8 Å². The van der Waals surface area contributed by atoms with E-state index in [1.54, 1.807) is 0 Å². The predicted octanol–water partition coefficient (Wildman–Crippen LogP) is 3.85. The highest BCUT2D eigenvalue weighted by Crippen LogP contribution is 2.34.